The number of hydrogen-bond donors (Lipinski definition) is 0. The monoisotopic (exact) mass is 292 g/mol. The molecular formula is C18H13ClN2. The maximum absolute atomic E-state index is 9.46. The first kappa shape index (κ1) is 13.5. The van der Waals surface area contributed by atoms with E-state index < -0.39 is 0 Å². The van der Waals surface area contributed by atoms with Gasteiger partial charge in [-0.25, -0.2) is 0 Å². The third-order valence-electron chi connectivity index (χ3n) is 3.51. The molecule has 0 amide bonds. The first-order valence-corrected chi connectivity index (χ1v) is 6.99. The van der Waals surface area contributed by atoms with Crippen molar-refractivity contribution in [2.75, 3.05) is 0 Å². The number of nitrogens with zero attached hydrogens (tertiary/aromatic N) is 2. The Hall–Kier alpha value is -2.50. The van der Waals surface area contributed by atoms with Gasteiger partial charge in [-0.1, -0.05) is 48.0 Å². The summed E-state index contributed by atoms with van der Waals surface area (Å²) >= 11 is 6.19. The van der Waals surface area contributed by atoms with Crippen molar-refractivity contribution in [3.63, 3.8) is 0 Å². The van der Waals surface area contributed by atoms with Crippen LogP contribution in [-0.2, 0) is 7.05 Å². The lowest BCUT2D eigenvalue weighted by Gasteiger charge is -2.01. The van der Waals surface area contributed by atoms with Crippen LogP contribution < -0.4 is 0 Å². The van der Waals surface area contributed by atoms with Crippen molar-refractivity contribution in [1.82, 2.24) is 4.57 Å². The van der Waals surface area contributed by atoms with Crippen molar-refractivity contribution in [2.24, 2.45) is 7.05 Å². The highest BCUT2D eigenvalue weighted by Crippen LogP contribution is 2.28. The smallest absolute Gasteiger partial charge is 0.0998 e. The van der Waals surface area contributed by atoms with Gasteiger partial charge in [0.1, 0.15) is 0 Å². The van der Waals surface area contributed by atoms with E-state index in [1.807, 2.05) is 49.7 Å². The Morgan fingerprint density at radius 2 is 1.86 bits per heavy atom. The summed E-state index contributed by atoms with van der Waals surface area (Å²) in [6.45, 7) is 0. The number of aromatic nitrogens is 1. The molecule has 0 aliphatic heterocycles. The van der Waals surface area contributed by atoms with Crippen molar-refractivity contribution in [3.05, 3.63) is 70.9 Å². The zero-order chi connectivity index (χ0) is 14.8. The lowest BCUT2D eigenvalue weighted by molar-refractivity contribution is 0.968. The van der Waals surface area contributed by atoms with Gasteiger partial charge in [-0.2, -0.15) is 5.26 Å². The molecule has 0 aliphatic carbocycles. The Morgan fingerprint density at radius 3 is 2.62 bits per heavy atom. The molecular weight excluding hydrogens is 280 g/mol. The first-order chi connectivity index (χ1) is 10.2. The summed E-state index contributed by atoms with van der Waals surface area (Å²) in [4.78, 5) is 0. The molecule has 1 aromatic heterocycles. The molecule has 0 spiro atoms. The van der Waals surface area contributed by atoms with Crippen LogP contribution in [0.2, 0.25) is 5.02 Å². The summed E-state index contributed by atoms with van der Waals surface area (Å²) < 4.78 is 2.06. The van der Waals surface area contributed by atoms with Gasteiger partial charge >= 0.3 is 0 Å². The summed E-state index contributed by atoms with van der Waals surface area (Å²) in [7, 11) is 2.00. The second kappa shape index (κ2) is 5.47. The molecule has 3 heteroatoms. The van der Waals surface area contributed by atoms with E-state index in [1.54, 1.807) is 6.07 Å². The minimum Gasteiger partial charge on any atom is -0.350 e. The average molecular weight is 293 g/mol. The van der Waals surface area contributed by atoms with E-state index in [2.05, 4.69) is 22.8 Å². The molecule has 3 rings (SSSR count). The number of rotatable bonds is 2. The molecule has 21 heavy (non-hydrogen) atoms. The van der Waals surface area contributed by atoms with Gasteiger partial charge in [0.2, 0.25) is 0 Å². The number of hydrogen-bond acceptors (Lipinski definition) is 1. The average Bonchev–Trinajstić information content (AvgIpc) is 2.82. The lowest BCUT2D eigenvalue weighted by Crippen LogP contribution is -1.83. The third-order valence-corrected chi connectivity index (χ3v) is 3.84. The number of benzene rings is 2. The second-order valence-electron chi connectivity index (χ2n) is 4.86. The van der Waals surface area contributed by atoms with E-state index >= 15 is 0 Å². The van der Waals surface area contributed by atoms with E-state index in [0.717, 1.165) is 22.0 Å². The van der Waals surface area contributed by atoms with Crippen LogP contribution >= 0.6 is 11.6 Å². The maximum Gasteiger partial charge on any atom is 0.0998 e. The third kappa shape index (κ3) is 2.44. The number of halogens is 1. The highest BCUT2D eigenvalue weighted by molar-refractivity contribution is 6.32. The molecule has 0 radical (unpaired) electrons. The molecule has 0 saturated carbocycles. The fraction of sp³-hybridized carbons (Fsp3) is 0.0556. The van der Waals surface area contributed by atoms with Gasteiger partial charge in [-0.15, -0.1) is 0 Å². The molecule has 2 nitrogen and oxygen atoms in total. The van der Waals surface area contributed by atoms with E-state index in [9.17, 15) is 5.26 Å². The molecule has 2 aromatic carbocycles. The predicted molar refractivity (Wildman–Crippen MR) is 87.9 cm³/mol. The predicted octanol–water partition coefficient (Wildman–Crippen LogP) is 4.90. The zero-order valence-electron chi connectivity index (χ0n) is 11.5. The van der Waals surface area contributed by atoms with E-state index in [0.29, 0.717) is 10.6 Å². The van der Waals surface area contributed by atoms with Crippen LogP contribution in [0.1, 0.15) is 11.1 Å². The molecule has 1 heterocycles. The fourth-order valence-corrected chi connectivity index (χ4v) is 2.73. The summed E-state index contributed by atoms with van der Waals surface area (Å²) in [5.74, 6) is 0. The van der Waals surface area contributed by atoms with Gasteiger partial charge < -0.3 is 4.57 Å². The number of aryl methyl sites for hydroxylation is 1. The Morgan fingerprint density at radius 1 is 1.14 bits per heavy atom. The Balaban J connectivity index is 2.19. The summed E-state index contributed by atoms with van der Waals surface area (Å²) in [5.41, 5.74) is 3.48. The van der Waals surface area contributed by atoms with Crippen LogP contribution in [0.5, 0.6) is 0 Å². The van der Waals surface area contributed by atoms with Crippen LogP contribution in [0.25, 0.3) is 22.6 Å². The molecule has 102 valence electrons. The molecule has 0 saturated heterocycles. The van der Waals surface area contributed by atoms with Crippen molar-refractivity contribution in [3.8, 4) is 6.07 Å². The number of allylic oxidation sites excluding steroid dienone is 1. The first-order valence-electron chi connectivity index (χ1n) is 6.61. The van der Waals surface area contributed by atoms with Gasteiger partial charge in [0.25, 0.3) is 0 Å². The second-order valence-corrected chi connectivity index (χ2v) is 5.27. The largest absolute Gasteiger partial charge is 0.350 e. The molecule has 0 aliphatic rings. The zero-order valence-corrected chi connectivity index (χ0v) is 12.3. The normalized spacial score (nSPS) is 11.6. The topological polar surface area (TPSA) is 28.7 Å². The molecule has 0 unspecified atom stereocenters. The molecule has 0 bridgehead atoms. The quantitative estimate of drug-likeness (QED) is 0.618. The standard InChI is InChI=1S/C18H13ClN2/c1-21-12-14(16-7-3-5-9-18(16)21)10-13(11-20)15-6-2-4-8-17(15)19/h2-10,12H,1H3. The highest BCUT2D eigenvalue weighted by Gasteiger charge is 2.08. The van der Waals surface area contributed by atoms with Crippen LogP contribution in [-0.4, -0.2) is 4.57 Å². The molecule has 3 aromatic rings. The Kier molecular flexibility index (Phi) is 3.51. The minimum absolute atomic E-state index is 0.567. The number of nitriles is 1. The van der Waals surface area contributed by atoms with Crippen LogP contribution in [0.4, 0.5) is 0 Å². The summed E-state index contributed by atoms with van der Waals surface area (Å²) in [6.07, 6.45) is 3.92. The van der Waals surface area contributed by atoms with Gasteiger partial charge in [0.05, 0.1) is 11.6 Å². The van der Waals surface area contributed by atoms with Gasteiger partial charge in [-0.05, 0) is 18.2 Å². The van der Waals surface area contributed by atoms with Crippen molar-refractivity contribution < 1.29 is 0 Å². The number of para-hydroxylation sites is 1. The van der Waals surface area contributed by atoms with Crippen LogP contribution in [0.15, 0.2) is 54.7 Å². The van der Waals surface area contributed by atoms with E-state index in [-0.39, 0.29) is 0 Å². The van der Waals surface area contributed by atoms with Crippen LogP contribution in [0, 0.1) is 11.3 Å². The van der Waals surface area contributed by atoms with Crippen molar-refractivity contribution in [1.29, 1.82) is 5.26 Å². The van der Waals surface area contributed by atoms with Gasteiger partial charge in [0.15, 0.2) is 0 Å². The Bertz CT molecular complexity index is 882. The molecule has 0 atom stereocenters. The molecule has 0 fully saturated rings. The SMILES string of the molecule is Cn1cc(C=C(C#N)c2ccccc2Cl)c2ccccc21. The summed E-state index contributed by atoms with van der Waals surface area (Å²) in [5, 5.41) is 11.2. The summed E-state index contributed by atoms with van der Waals surface area (Å²) in [6, 6.07) is 17.8. The van der Waals surface area contributed by atoms with Crippen molar-refractivity contribution >= 4 is 34.2 Å². The van der Waals surface area contributed by atoms with Crippen molar-refractivity contribution in [2.45, 2.75) is 0 Å². The maximum atomic E-state index is 9.46. The van der Waals surface area contributed by atoms with E-state index in [1.165, 1.54) is 0 Å². The van der Waals surface area contributed by atoms with Gasteiger partial charge in [-0.3, -0.25) is 0 Å². The Labute approximate surface area is 128 Å². The van der Waals surface area contributed by atoms with Gasteiger partial charge in [0, 0.05) is 40.3 Å². The highest BCUT2D eigenvalue weighted by atomic mass is 35.5. The lowest BCUT2D eigenvalue weighted by atomic mass is 10.0. The number of fused-ring (bicyclic) bond motifs is 1. The van der Waals surface area contributed by atoms with Crippen LogP contribution in [0.3, 0.4) is 0 Å². The fourth-order valence-electron chi connectivity index (χ4n) is 2.49. The minimum atomic E-state index is 0.567. The van der Waals surface area contributed by atoms with E-state index in [4.69, 9.17) is 11.6 Å². The molecule has 0 N–H and O–H groups in total.